The van der Waals surface area contributed by atoms with Crippen molar-refractivity contribution < 1.29 is 4.74 Å². The number of fused-ring (bicyclic) bond motifs is 2. The summed E-state index contributed by atoms with van der Waals surface area (Å²) in [5.41, 5.74) is 1.24. The second kappa shape index (κ2) is 3.98. The van der Waals surface area contributed by atoms with E-state index in [-0.39, 0.29) is 0 Å². The highest BCUT2D eigenvalue weighted by atomic mass is 16.5. The molecule has 0 spiro atoms. The number of ether oxygens (including phenoxy) is 1. The van der Waals surface area contributed by atoms with E-state index in [1.54, 1.807) is 0 Å². The molecule has 0 aromatic carbocycles. The number of hydrogen-bond acceptors (Lipinski definition) is 1. The lowest BCUT2D eigenvalue weighted by molar-refractivity contribution is -0.118. The fraction of sp³-hybridized carbons (Fsp3) is 1.00. The van der Waals surface area contributed by atoms with Gasteiger partial charge in [-0.3, -0.25) is 0 Å². The van der Waals surface area contributed by atoms with Gasteiger partial charge in [0, 0.05) is 5.41 Å². The van der Waals surface area contributed by atoms with Crippen LogP contribution in [0.3, 0.4) is 0 Å². The van der Waals surface area contributed by atoms with Gasteiger partial charge in [0.2, 0.25) is 0 Å². The molecule has 0 aromatic rings. The van der Waals surface area contributed by atoms with Crippen molar-refractivity contribution in [3.05, 3.63) is 0 Å². The molecule has 3 aliphatic rings. The third-order valence-corrected chi connectivity index (χ3v) is 6.01. The monoisotopic (exact) mass is 236 g/mol. The fourth-order valence-electron chi connectivity index (χ4n) is 4.97. The van der Waals surface area contributed by atoms with Crippen LogP contribution in [0.1, 0.15) is 59.3 Å². The number of rotatable bonds is 3. The van der Waals surface area contributed by atoms with Crippen molar-refractivity contribution >= 4 is 0 Å². The Morgan fingerprint density at radius 1 is 1.24 bits per heavy atom. The molecule has 0 radical (unpaired) electrons. The highest BCUT2D eigenvalue weighted by Crippen LogP contribution is 2.58. The first-order valence-electron chi connectivity index (χ1n) is 7.59. The Morgan fingerprint density at radius 2 is 2.00 bits per heavy atom. The summed E-state index contributed by atoms with van der Waals surface area (Å²) in [5.74, 6) is 2.94. The summed E-state index contributed by atoms with van der Waals surface area (Å²) < 4.78 is 5.42. The Labute approximate surface area is 106 Å². The summed E-state index contributed by atoms with van der Waals surface area (Å²) in [4.78, 5) is 0. The normalized spacial score (nSPS) is 43.8. The van der Waals surface area contributed by atoms with Crippen LogP contribution < -0.4 is 0 Å². The molecule has 1 aliphatic heterocycles. The molecular formula is C16H28O. The highest BCUT2D eigenvalue weighted by Gasteiger charge is 2.48. The minimum Gasteiger partial charge on any atom is -0.380 e. The van der Waals surface area contributed by atoms with Gasteiger partial charge in [-0.1, -0.05) is 20.8 Å². The molecule has 1 heterocycles. The third kappa shape index (κ3) is 2.05. The summed E-state index contributed by atoms with van der Waals surface area (Å²) in [5, 5.41) is 0. The van der Waals surface area contributed by atoms with Gasteiger partial charge in [0.25, 0.3) is 0 Å². The molecule has 3 unspecified atom stereocenters. The van der Waals surface area contributed by atoms with E-state index in [9.17, 15) is 0 Å². The predicted octanol–water partition coefficient (Wildman–Crippen LogP) is 4.27. The van der Waals surface area contributed by atoms with Crippen LogP contribution in [0.25, 0.3) is 0 Å². The molecule has 0 aromatic heterocycles. The first-order valence-corrected chi connectivity index (χ1v) is 7.59. The smallest absolute Gasteiger partial charge is 0.0542 e. The predicted molar refractivity (Wildman–Crippen MR) is 70.9 cm³/mol. The van der Waals surface area contributed by atoms with E-state index in [4.69, 9.17) is 4.74 Å². The minimum absolute atomic E-state index is 0.527. The second-order valence-corrected chi connectivity index (χ2v) is 7.94. The van der Waals surface area contributed by atoms with Gasteiger partial charge in [-0.05, 0) is 61.7 Å². The molecule has 2 bridgehead atoms. The van der Waals surface area contributed by atoms with Gasteiger partial charge in [-0.25, -0.2) is 0 Å². The van der Waals surface area contributed by atoms with Crippen molar-refractivity contribution in [2.75, 3.05) is 13.2 Å². The quantitative estimate of drug-likeness (QED) is 0.711. The van der Waals surface area contributed by atoms with Crippen molar-refractivity contribution in [1.82, 2.24) is 0 Å². The van der Waals surface area contributed by atoms with E-state index in [0.29, 0.717) is 10.8 Å². The summed E-state index contributed by atoms with van der Waals surface area (Å²) >= 11 is 0. The zero-order valence-electron chi connectivity index (χ0n) is 11.8. The molecular weight excluding hydrogens is 208 g/mol. The molecule has 1 saturated heterocycles. The van der Waals surface area contributed by atoms with Crippen molar-refractivity contribution in [3.63, 3.8) is 0 Å². The Balaban J connectivity index is 1.68. The van der Waals surface area contributed by atoms with Gasteiger partial charge in [-0.2, -0.15) is 0 Å². The van der Waals surface area contributed by atoms with Crippen molar-refractivity contribution in [2.45, 2.75) is 59.3 Å². The molecule has 2 saturated carbocycles. The zero-order valence-corrected chi connectivity index (χ0v) is 11.8. The van der Waals surface area contributed by atoms with Crippen LogP contribution in [-0.4, -0.2) is 13.2 Å². The third-order valence-electron chi connectivity index (χ3n) is 6.01. The molecule has 3 atom stereocenters. The van der Waals surface area contributed by atoms with E-state index in [1.807, 2.05) is 0 Å². The van der Waals surface area contributed by atoms with Crippen molar-refractivity contribution in [2.24, 2.45) is 28.6 Å². The first kappa shape index (κ1) is 12.0. The van der Waals surface area contributed by atoms with E-state index in [2.05, 4.69) is 20.8 Å². The van der Waals surface area contributed by atoms with Crippen LogP contribution in [0.5, 0.6) is 0 Å². The van der Waals surface area contributed by atoms with Gasteiger partial charge < -0.3 is 4.74 Å². The Hall–Kier alpha value is -0.0400. The number of hydrogen-bond donors (Lipinski definition) is 0. The topological polar surface area (TPSA) is 9.23 Å². The first-order chi connectivity index (χ1) is 8.01. The van der Waals surface area contributed by atoms with Gasteiger partial charge in [0.05, 0.1) is 13.2 Å². The maximum Gasteiger partial charge on any atom is 0.0542 e. The molecule has 17 heavy (non-hydrogen) atoms. The van der Waals surface area contributed by atoms with E-state index in [1.165, 1.54) is 38.5 Å². The standard InChI is InChI=1S/C16H28O/c1-12(2)16-5-4-13(8-16)6-14(9-16)7-15(3)10-17-11-15/h12-14H,4-11H2,1-3H3. The lowest BCUT2D eigenvalue weighted by Crippen LogP contribution is -2.43. The Morgan fingerprint density at radius 3 is 2.59 bits per heavy atom. The van der Waals surface area contributed by atoms with Crippen LogP contribution in [0.15, 0.2) is 0 Å². The SMILES string of the molecule is CC(C)C12CCC(CC(CC3(C)COC3)C1)C2. The molecule has 0 N–H and O–H groups in total. The zero-order chi connectivity index (χ0) is 12.1. The van der Waals surface area contributed by atoms with Crippen LogP contribution >= 0.6 is 0 Å². The molecule has 1 nitrogen and oxygen atoms in total. The second-order valence-electron chi connectivity index (χ2n) is 7.94. The van der Waals surface area contributed by atoms with E-state index in [0.717, 1.165) is 31.0 Å². The van der Waals surface area contributed by atoms with Gasteiger partial charge >= 0.3 is 0 Å². The molecule has 0 amide bonds. The maximum atomic E-state index is 5.42. The average molecular weight is 236 g/mol. The summed E-state index contributed by atoms with van der Waals surface area (Å²) in [6.45, 7) is 9.37. The van der Waals surface area contributed by atoms with E-state index < -0.39 is 0 Å². The largest absolute Gasteiger partial charge is 0.380 e. The molecule has 1 heteroatoms. The lowest BCUT2D eigenvalue weighted by Gasteiger charge is -2.46. The molecule has 3 fully saturated rings. The van der Waals surface area contributed by atoms with Crippen LogP contribution in [0, 0.1) is 28.6 Å². The van der Waals surface area contributed by atoms with Crippen LogP contribution in [0.2, 0.25) is 0 Å². The van der Waals surface area contributed by atoms with Crippen molar-refractivity contribution in [3.8, 4) is 0 Å². The lowest BCUT2D eigenvalue weighted by atomic mass is 9.62. The molecule has 3 rings (SSSR count). The maximum absolute atomic E-state index is 5.42. The van der Waals surface area contributed by atoms with E-state index >= 15 is 0 Å². The summed E-state index contributed by atoms with van der Waals surface area (Å²) in [7, 11) is 0. The molecule has 2 aliphatic carbocycles. The summed E-state index contributed by atoms with van der Waals surface area (Å²) in [6, 6.07) is 0. The van der Waals surface area contributed by atoms with Crippen LogP contribution in [-0.2, 0) is 4.74 Å². The Kier molecular flexibility index (Phi) is 2.81. The van der Waals surface area contributed by atoms with Gasteiger partial charge in [0.15, 0.2) is 0 Å². The fourth-order valence-corrected chi connectivity index (χ4v) is 4.97. The van der Waals surface area contributed by atoms with Crippen molar-refractivity contribution in [1.29, 1.82) is 0 Å². The molecule has 98 valence electrons. The minimum atomic E-state index is 0.527. The average Bonchev–Trinajstić information content (AvgIpc) is 2.54. The highest BCUT2D eigenvalue weighted by molar-refractivity contribution is 4.99. The Bertz CT molecular complexity index is 292. The van der Waals surface area contributed by atoms with Crippen LogP contribution in [0.4, 0.5) is 0 Å². The summed E-state index contributed by atoms with van der Waals surface area (Å²) in [6.07, 6.45) is 9.02. The van der Waals surface area contributed by atoms with Gasteiger partial charge in [0.1, 0.15) is 0 Å². The van der Waals surface area contributed by atoms with Gasteiger partial charge in [-0.15, -0.1) is 0 Å².